The smallest absolute Gasteiger partial charge is 0.493 e. The molecule has 2 aromatic heterocycles. The molecule has 0 amide bonds. The average Bonchev–Trinajstić information content (AvgIpc) is 3.30. The number of methoxy groups -OCH3 is 1. The highest BCUT2D eigenvalue weighted by molar-refractivity contribution is 7.92. The highest BCUT2D eigenvalue weighted by Gasteiger charge is 2.35. The largest absolute Gasteiger partial charge is 0.510 e. The van der Waals surface area contributed by atoms with Crippen molar-refractivity contribution in [3.05, 3.63) is 108 Å². The summed E-state index contributed by atoms with van der Waals surface area (Å²) in [6, 6.07) is 19.8. The van der Waals surface area contributed by atoms with Crippen molar-refractivity contribution in [1.82, 2.24) is 30.7 Å². The molecule has 4 N–H and O–H groups in total. The summed E-state index contributed by atoms with van der Waals surface area (Å²) in [4.78, 5) is 52.2. The lowest BCUT2D eigenvalue weighted by Crippen LogP contribution is -2.36. The van der Waals surface area contributed by atoms with Gasteiger partial charge in [0.2, 0.25) is 11.6 Å². The Morgan fingerprint density at radius 3 is 2.00 bits per heavy atom. The zero-order valence-corrected chi connectivity index (χ0v) is 36.8. The molecule has 24 nitrogen and oxygen atoms in total. The summed E-state index contributed by atoms with van der Waals surface area (Å²) in [7, 11) is -3.38. The quantitative estimate of drug-likeness (QED) is 0.0270. The molecule has 3 aromatic carbocycles. The second-order valence-electron chi connectivity index (χ2n) is 14.2. The molecule has 0 aliphatic heterocycles. The molecule has 25 heteroatoms. The molecule has 0 aliphatic carbocycles. The van der Waals surface area contributed by atoms with Gasteiger partial charge in [-0.1, -0.05) is 57.2 Å². The molecule has 354 valence electrons. The summed E-state index contributed by atoms with van der Waals surface area (Å²) in [5.74, 6) is -2.20. The third kappa shape index (κ3) is 14.7. The van der Waals surface area contributed by atoms with E-state index in [0.29, 0.717) is 9.87 Å². The number of carbonyl (C=O) groups is 2. The number of ether oxygens (including phenoxy) is 7. The number of hydrogen-bond acceptors (Lipinski definition) is 23. The van der Waals surface area contributed by atoms with Crippen LogP contribution in [0.3, 0.4) is 0 Å². The van der Waals surface area contributed by atoms with Crippen LogP contribution in [0, 0.1) is 0 Å². The Hall–Kier alpha value is -6.65. The first-order valence-corrected chi connectivity index (χ1v) is 21.0. The zero-order valence-electron chi connectivity index (χ0n) is 36.0. The minimum atomic E-state index is -4.76. The molecule has 0 spiro atoms. The molecule has 0 radical (unpaired) electrons. The summed E-state index contributed by atoms with van der Waals surface area (Å²) < 4.78 is 69.4. The maximum Gasteiger partial charge on any atom is 0.510 e. The number of para-hydroxylation sites is 2. The van der Waals surface area contributed by atoms with Gasteiger partial charge >= 0.3 is 12.1 Å². The molecular formula is C41H47N7O17S. The Bertz CT molecular complexity index is 2440. The second kappa shape index (κ2) is 24.0. The first kappa shape index (κ1) is 50.4. The van der Waals surface area contributed by atoms with E-state index in [1.807, 2.05) is 20.8 Å². The SMILES string of the molecule is COc1ccccc1Oc1c(OCCOC(=O)c2ccc(CON(O)O)cc2)nc(-c2ncccn2)nc1N(COC(=O)OCCOCCON(O)O)S(=O)(=O)c1ccc(C(C)(C)C)cc1. The molecule has 5 rings (SSSR count). The number of aromatic nitrogens is 4. The van der Waals surface area contributed by atoms with E-state index in [1.165, 1.54) is 68.0 Å². The van der Waals surface area contributed by atoms with Crippen LogP contribution in [-0.4, -0.2) is 126 Å². The van der Waals surface area contributed by atoms with Crippen LogP contribution in [0.1, 0.15) is 42.3 Å². The van der Waals surface area contributed by atoms with Crippen molar-refractivity contribution in [2.45, 2.75) is 37.7 Å². The molecule has 0 aliphatic rings. The Morgan fingerprint density at radius 1 is 0.697 bits per heavy atom. The lowest BCUT2D eigenvalue weighted by molar-refractivity contribution is -0.497. The first-order valence-electron chi connectivity index (χ1n) is 19.6. The van der Waals surface area contributed by atoms with Crippen molar-refractivity contribution in [2.24, 2.45) is 0 Å². The number of carbonyl (C=O) groups excluding carboxylic acids is 2. The normalized spacial score (nSPS) is 11.6. The third-order valence-electron chi connectivity index (χ3n) is 8.68. The standard InChI is InChI=1S/C41H47N7O17S/c1-41(2,3)30-14-16-31(17-15-30)66(55,56)46(27-62-40(50)61-22-20-58-21-25-63-47(51)52)37-34(65-33-9-6-5-8-32(33)57-4)38(45-36(44-37)35-42-18-7-19-43-35)59-23-24-60-39(49)29-12-10-28(11-13-29)26-64-48(53)54/h5-19,51-54H,20-27H2,1-4H3. The molecule has 0 saturated carbocycles. The summed E-state index contributed by atoms with van der Waals surface area (Å²) >= 11 is 0. The summed E-state index contributed by atoms with van der Waals surface area (Å²) in [6.07, 6.45) is 1.48. The molecule has 0 saturated heterocycles. The van der Waals surface area contributed by atoms with Gasteiger partial charge in [0.1, 0.15) is 19.8 Å². The minimum absolute atomic E-state index is 0.0488. The number of sulfonamides is 1. The predicted molar refractivity (Wildman–Crippen MR) is 223 cm³/mol. The van der Waals surface area contributed by atoms with E-state index < -0.39 is 57.1 Å². The lowest BCUT2D eigenvalue weighted by atomic mass is 9.87. The number of hydrogen-bond donors (Lipinski definition) is 4. The number of benzene rings is 3. The van der Waals surface area contributed by atoms with Crippen LogP contribution >= 0.6 is 0 Å². The Balaban J connectivity index is 1.54. The van der Waals surface area contributed by atoms with Gasteiger partial charge in [0.15, 0.2) is 29.9 Å². The van der Waals surface area contributed by atoms with E-state index in [9.17, 15) is 18.0 Å². The fourth-order valence-electron chi connectivity index (χ4n) is 5.44. The van der Waals surface area contributed by atoms with Crippen molar-refractivity contribution in [2.75, 3.05) is 57.8 Å². The van der Waals surface area contributed by atoms with Crippen molar-refractivity contribution in [3.63, 3.8) is 0 Å². The van der Waals surface area contributed by atoms with Crippen LogP contribution in [0.4, 0.5) is 10.6 Å². The van der Waals surface area contributed by atoms with Crippen molar-refractivity contribution in [1.29, 1.82) is 0 Å². The number of rotatable bonds is 24. The Labute approximate surface area is 377 Å². The van der Waals surface area contributed by atoms with Crippen molar-refractivity contribution >= 4 is 28.0 Å². The number of anilines is 1. The van der Waals surface area contributed by atoms with Crippen LogP contribution < -0.4 is 18.5 Å². The van der Waals surface area contributed by atoms with E-state index in [0.717, 1.165) is 5.56 Å². The zero-order chi connectivity index (χ0) is 47.7. The summed E-state index contributed by atoms with van der Waals surface area (Å²) in [5.41, 5.74) is 1.13. The Kier molecular flexibility index (Phi) is 18.3. The van der Waals surface area contributed by atoms with Crippen molar-refractivity contribution in [3.8, 4) is 34.8 Å². The average molecular weight is 942 g/mol. The molecule has 0 fully saturated rings. The number of nitrogens with zero attached hydrogens (tertiary/aromatic N) is 7. The van der Waals surface area contributed by atoms with Gasteiger partial charge in [-0.3, -0.25) is 20.8 Å². The van der Waals surface area contributed by atoms with Crippen LogP contribution in [-0.2, 0) is 50.7 Å². The van der Waals surface area contributed by atoms with E-state index >= 15 is 0 Å². The Morgan fingerprint density at radius 2 is 1.35 bits per heavy atom. The van der Waals surface area contributed by atoms with Gasteiger partial charge in [0, 0.05) is 12.4 Å². The van der Waals surface area contributed by atoms with Gasteiger partial charge in [-0.2, -0.15) is 4.98 Å². The molecule has 0 bridgehead atoms. The molecular weight excluding hydrogens is 895 g/mol. The van der Waals surface area contributed by atoms with E-state index in [4.69, 9.17) is 54.0 Å². The minimum Gasteiger partial charge on any atom is -0.493 e. The fraction of sp³-hybridized carbons (Fsp3) is 0.317. The second-order valence-corrected chi connectivity index (χ2v) is 16.1. The predicted octanol–water partition coefficient (Wildman–Crippen LogP) is 5.11. The van der Waals surface area contributed by atoms with Crippen molar-refractivity contribution < 1.29 is 81.7 Å². The van der Waals surface area contributed by atoms with Gasteiger partial charge in [0.05, 0.1) is 54.8 Å². The summed E-state index contributed by atoms with van der Waals surface area (Å²) in [6.45, 7) is 2.98. The van der Waals surface area contributed by atoms with E-state index in [2.05, 4.69) is 29.6 Å². The van der Waals surface area contributed by atoms with Gasteiger partial charge < -0.3 is 33.2 Å². The highest BCUT2D eigenvalue weighted by Crippen LogP contribution is 2.43. The van der Waals surface area contributed by atoms with Crippen LogP contribution in [0.5, 0.6) is 23.1 Å². The molecule has 2 heterocycles. The highest BCUT2D eigenvalue weighted by atomic mass is 32.2. The molecule has 0 atom stereocenters. The first-order chi connectivity index (χ1) is 31.6. The van der Waals surface area contributed by atoms with Gasteiger partial charge in [-0.25, -0.2) is 46.9 Å². The van der Waals surface area contributed by atoms with Crippen LogP contribution in [0.2, 0.25) is 0 Å². The molecule has 0 unspecified atom stereocenters. The van der Waals surface area contributed by atoms with Gasteiger partial charge in [-0.15, -0.1) is 0 Å². The van der Waals surface area contributed by atoms with Gasteiger partial charge in [-0.05, 0) is 59.0 Å². The summed E-state index contributed by atoms with van der Waals surface area (Å²) in [5, 5.41) is 33.9. The maximum atomic E-state index is 14.9. The lowest BCUT2D eigenvalue weighted by Gasteiger charge is -2.26. The topological polar surface area (TPSA) is 294 Å². The molecule has 5 aromatic rings. The van der Waals surface area contributed by atoms with Gasteiger partial charge in [0.25, 0.3) is 15.9 Å². The van der Waals surface area contributed by atoms with Crippen LogP contribution in [0.15, 0.2) is 96.2 Å². The fourth-order valence-corrected chi connectivity index (χ4v) is 6.72. The number of esters is 1. The maximum absolute atomic E-state index is 14.9. The monoisotopic (exact) mass is 941 g/mol. The third-order valence-corrected chi connectivity index (χ3v) is 10.4. The molecule has 66 heavy (non-hydrogen) atoms. The van der Waals surface area contributed by atoms with E-state index in [1.54, 1.807) is 30.3 Å². The van der Waals surface area contributed by atoms with E-state index in [-0.39, 0.29) is 85.3 Å². The van der Waals surface area contributed by atoms with Crippen LogP contribution in [0.25, 0.3) is 11.6 Å².